The van der Waals surface area contributed by atoms with Crippen LogP contribution in [0.2, 0.25) is 0 Å². The number of carboxylic acid groups (broad SMARTS) is 1. The highest BCUT2D eigenvalue weighted by Gasteiger charge is 2.14. The highest BCUT2D eigenvalue weighted by atomic mass is 16.4. The van der Waals surface area contributed by atoms with Crippen molar-refractivity contribution in [2.24, 2.45) is 0 Å². The van der Waals surface area contributed by atoms with Crippen molar-refractivity contribution in [2.75, 3.05) is 0 Å². The molecule has 0 atom stereocenters. The van der Waals surface area contributed by atoms with Crippen LogP contribution in [0.1, 0.15) is 18.0 Å². The number of carbonyl (C=O) groups is 1. The zero-order valence-electron chi connectivity index (χ0n) is 8.77. The van der Waals surface area contributed by atoms with Gasteiger partial charge in [-0.05, 0) is 19.1 Å². The van der Waals surface area contributed by atoms with Crippen LogP contribution >= 0.6 is 0 Å². The van der Waals surface area contributed by atoms with E-state index in [0.717, 1.165) is 0 Å². The van der Waals surface area contributed by atoms with Crippen molar-refractivity contribution >= 4 is 5.97 Å². The minimum absolute atomic E-state index is 0.0115. The van der Waals surface area contributed by atoms with E-state index in [4.69, 9.17) is 13.9 Å². The lowest BCUT2D eigenvalue weighted by Crippen LogP contribution is -1.97. The number of rotatable bonds is 4. The fourth-order valence-electron chi connectivity index (χ4n) is 1.41. The molecule has 16 heavy (non-hydrogen) atoms. The van der Waals surface area contributed by atoms with Crippen molar-refractivity contribution in [3.63, 3.8) is 0 Å². The van der Waals surface area contributed by atoms with E-state index in [2.05, 4.69) is 4.98 Å². The quantitative estimate of drug-likeness (QED) is 0.856. The predicted molar refractivity (Wildman–Crippen MR) is 54.9 cm³/mol. The number of aliphatic carboxylic acids is 1. The van der Waals surface area contributed by atoms with Crippen LogP contribution in [0.25, 0.3) is 11.5 Å². The summed E-state index contributed by atoms with van der Waals surface area (Å²) >= 11 is 0. The molecule has 5 heteroatoms. The predicted octanol–water partition coefficient (Wildman–Crippen LogP) is 2.26. The van der Waals surface area contributed by atoms with Gasteiger partial charge in [0, 0.05) is 6.42 Å². The minimum Gasteiger partial charge on any atom is -0.481 e. The second kappa shape index (κ2) is 4.22. The average molecular weight is 221 g/mol. The number of carboxylic acids is 1. The molecule has 0 aliphatic rings. The topological polar surface area (TPSA) is 76.5 Å². The van der Waals surface area contributed by atoms with Crippen molar-refractivity contribution in [2.45, 2.75) is 19.8 Å². The second-order valence-corrected chi connectivity index (χ2v) is 3.39. The fourth-order valence-corrected chi connectivity index (χ4v) is 1.41. The van der Waals surface area contributed by atoms with E-state index < -0.39 is 5.97 Å². The normalized spacial score (nSPS) is 10.6. The Morgan fingerprint density at radius 2 is 2.38 bits per heavy atom. The average Bonchev–Trinajstić information content (AvgIpc) is 2.83. The van der Waals surface area contributed by atoms with E-state index in [-0.39, 0.29) is 12.8 Å². The third-order valence-corrected chi connectivity index (χ3v) is 2.14. The highest BCUT2D eigenvalue weighted by Crippen LogP contribution is 2.25. The summed E-state index contributed by atoms with van der Waals surface area (Å²) in [7, 11) is 0. The van der Waals surface area contributed by atoms with Crippen LogP contribution in [0, 0.1) is 6.92 Å². The van der Waals surface area contributed by atoms with Crippen molar-refractivity contribution in [1.29, 1.82) is 0 Å². The van der Waals surface area contributed by atoms with Crippen LogP contribution in [-0.2, 0) is 11.2 Å². The van der Waals surface area contributed by atoms with Crippen LogP contribution in [0.5, 0.6) is 0 Å². The smallest absolute Gasteiger partial charge is 0.303 e. The molecule has 0 saturated carbocycles. The highest BCUT2D eigenvalue weighted by molar-refractivity contribution is 5.66. The van der Waals surface area contributed by atoms with Gasteiger partial charge >= 0.3 is 5.97 Å². The molecule has 84 valence electrons. The van der Waals surface area contributed by atoms with Gasteiger partial charge in [-0.1, -0.05) is 0 Å². The van der Waals surface area contributed by atoms with Gasteiger partial charge in [-0.25, -0.2) is 4.98 Å². The summed E-state index contributed by atoms with van der Waals surface area (Å²) in [6, 6.07) is 3.53. The van der Waals surface area contributed by atoms with Gasteiger partial charge in [-0.3, -0.25) is 4.79 Å². The lowest BCUT2D eigenvalue weighted by Gasteiger charge is -1.91. The van der Waals surface area contributed by atoms with E-state index in [9.17, 15) is 4.79 Å². The third-order valence-electron chi connectivity index (χ3n) is 2.14. The number of hydrogen-bond acceptors (Lipinski definition) is 4. The third kappa shape index (κ3) is 2.13. The maximum absolute atomic E-state index is 10.4. The summed E-state index contributed by atoms with van der Waals surface area (Å²) in [4.78, 5) is 14.6. The molecule has 0 spiro atoms. The summed E-state index contributed by atoms with van der Waals surface area (Å²) in [5, 5.41) is 8.55. The molecule has 0 aromatic carbocycles. The summed E-state index contributed by atoms with van der Waals surface area (Å²) in [5.74, 6) is 0.721. The zero-order chi connectivity index (χ0) is 11.5. The molecule has 1 N–H and O–H groups in total. The van der Waals surface area contributed by atoms with Crippen LogP contribution < -0.4 is 0 Å². The van der Waals surface area contributed by atoms with E-state index >= 15 is 0 Å². The van der Waals surface area contributed by atoms with Gasteiger partial charge in [0.05, 0.1) is 18.4 Å². The van der Waals surface area contributed by atoms with Gasteiger partial charge in [0.15, 0.2) is 17.4 Å². The molecule has 0 fully saturated rings. The Hall–Kier alpha value is -2.04. The van der Waals surface area contributed by atoms with Crippen molar-refractivity contribution in [3.8, 4) is 11.5 Å². The Kier molecular flexibility index (Phi) is 2.76. The van der Waals surface area contributed by atoms with Crippen molar-refractivity contribution < 1.29 is 18.7 Å². The number of aromatic nitrogens is 1. The Bertz CT molecular complexity index is 484. The maximum atomic E-state index is 10.4. The van der Waals surface area contributed by atoms with E-state index in [1.807, 2.05) is 0 Å². The van der Waals surface area contributed by atoms with Gasteiger partial charge in [0.2, 0.25) is 0 Å². The molecule has 0 aliphatic heterocycles. The van der Waals surface area contributed by atoms with Gasteiger partial charge in [0.25, 0.3) is 0 Å². The molecule has 0 saturated heterocycles. The van der Waals surface area contributed by atoms with Crippen LogP contribution in [0.3, 0.4) is 0 Å². The zero-order valence-corrected chi connectivity index (χ0v) is 8.77. The summed E-state index contributed by atoms with van der Waals surface area (Å²) in [6.45, 7) is 1.80. The van der Waals surface area contributed by atoms with Gasteiger partial charge in [0.1, 0.15) is 0 Å². The van der Waals surface area contributed by atoms with Crippen molar-refractivity contribution in [3.05, 3.63) is 30.0 Å². The Morgan fingerprint density at radius 3 is 3.00 bits per heavy atom. The van der Waals surface area contributed by atoms with E-state index in [1.165, 1.54) is 0 Å². The lowest BCUT2D eigenvalue weighted by atomic mass is 10.3. The Morgan fingerprint density at radius 1 is 1.56 bits per heavy atom. The fraction of sp³-hybridized carbons (Fsp3) is 0.273. The molecule has 5 nitrogen and oxygen atoms in total. The molecule has 0 bridgehead atoms. The van der Waals surface area contributed by atoms with Gasteiger partial charge in [-0.2, -0.15) is 0 Å². The molecular weight excluding hydrogens is 210 g/mol. The number of aryl methyl sites for hydroxylation is 2. The standard InChI is InChI=1S/C11H11NO4/c1-7-11(8-3-2-6-15-8)16-9(12-7)4-5-10(13)14/h2-3,6H,4-5H2,1H3,(H,13,14). The maximum Gasteiger partial charge on any atom is 0.303 e. The van der Waals surface area contributed by atoms with Gasteiger partial charge in [-0.15, -0.1) is 0 Å². The molecule has 2 rings (SSSR count). The van der Waals surface area contributed by atoms with Crippen LogP contribution in [0.15, 0.2) is 27.2 Å². The van der Waals surface area contributed by atoms with E-state index in [0.29, 0.717) is 23.1 Å². The number of hydrogen-bond donors (Lipinski definition) is 1. The molecule has 2 heterocycles. The Labute approximate surface area is 91.7 Å². The largest absolute Gasteiger partial charge is 0.481 e. The first kappa shape index (κ1) is 10.5. The summed E-state index contributed by atoms with van der Waals surface area (Å²) in [5.41, 5.74) is 0.704. The molecule has 2 aromatic rings. The molecule has 0 radical (unpaired) electrons. The molecule has 0 unspecified atom stereocenters. The number of furan rings is 1. The SMILES string of the molecule is Cc1nc(CCC(=O)O)oc1-c1ccco1. The first-order valence-electron chi connectivity index (χ1n) is 4.89. The van der Waals surface area contributed by atoms with Crippen LogP contribution in [-0.4, -0.2) is 16.1 Å². The minimum atomic E-state index is -0.865. The first-order valence-corrected chi connectivity index (χ1v) is 4.89. The van der Waals surface area contributed by atoms with Crippen molar-refractivity contribution in [1.82, 2.24) is 4.98 Å². The Balaban J connectivity index is 2.19. The molecule has 2 aromatic heterocycles. The second-order valence-electron chi connectivity index (χ2n) is 3.39. The van der Waals surface area contributed by atoms with Crippen LogP contribution in [0.4, 0.5) is 0 Å². The monoisotopic (exact) mass is 221 g/mol. The van der Waals surface area contributed by atoms with Gasteiger partial charge < -0.3 is 13.9 Å². The molecule has 0 amide bonds. The van der Waals surface area contributed by atoms with E-state index in [1.54, 1.807) is 25.3 Å². The summed E-state index contributed by atoms with van der Waals surface area (Å²) in [6.07, 6.45) is 1.85. The molecular formula is C11H11NO4. The lowest BCUT2D eigenvalue weighted by molar-refractivity contribution is -0.137. The number of nitrogens with zero attached hydrogens (tertiary/aromatic N) is 1. The first-order chi connectivity index (χ1) is 7.66. The molecule has 0 aliphatic carbocycles. The number of oxazole rings is 1. The summed E-state index contributed by atoms with van der Waals surface area (Å²) < 4.78 is 10.6.